The molecule has 0 spiro atoms. The number of carbonyl (C=O) groups is 1. The average molecular weight is 336 g/mol. The minimum absolute atomic E-state index is 0.00257. The van der Waals surface area contributed by atoms with Crippen LogP contribution in [0.15, 0.2) is 28.7 Å². The topological polar surface area (TPSA) is 47.3 Å². The van der Waals surface area contributed by atoms with Gasteiger partial charge in [0.1, 0.15) is 6.04 Å². The molecule has 1 heterocycles. The summed E-state index contributed by atoms with van der Waals surface area (Å²) in [5.41, 5.74) is 0.708. The second kappa shape index (κ2) is 5.45. The van der Waals surface area contributed by atoms with Crippen molar-refractivity contribution in [3.05, 3.63) is 28.7 Å². The summed E-state index contributed by atoms with van der Waals surface area (Å²) in [6, 6.07) is 9.57. The number of amides is 1. The molecule has 0 saturated carbocycles. The van der Waals surface area contributed by atoms with Crippen molar-refractivity contribution in [2.75, 3.05) is 18.5 Å². The number of hydrogen-bond donors (Lipinski definition) is 0. The van der Waals surface area contributed by atoms with Gasteiger partial charge in [-0.2, -0.15) is 5.26 Å². The van der Waals surface area contributed by atoms with Gasteiger partial charge in [0, 0.05) is 23.8 Å². The van der Waals surface area contributed by atoms with E-state index in [-0.39, 0.29) is 17.9 Å². The highest BCUT2D eigenvalue weighted by atomic mass is 79.9. The van der Waals surface area contributed by atoms with Crippen molar-refractivity contribution in [1.29, 1.82) is 5.26 Å². The van der Waals surface area contributed by atoms with Gasteiger partial charge in [0.2, 0.25) is 5.91 Å². The monoisotopic (exact) mass is 335 g/mol. The Balaban J connectivity index is 2.42. The number of likely N-dealkylation sites (N-methyl/N-ethyl adjacent to an activating group) is 1. The maximum absolute atomic E-state index is 12.5. The first-order valence-electron chi connectivity index (χ1n) is 6.53. The number of piperazine rings is 1. The number of rotatable bonds is 2. The lowest BCUT2D eigenvalue weighted by Crippen LogP contribution is -2.65. The molecule has 1 aliphatic rings. The molecule has 0 radical (unpaired) electrons. The third-order valence-corrected chi connectivity index (χ3v) is 4.37. The molecule has 0 bridgehead atoms. The number of hydrogen-bond acceptors (Lipinski definition) is 3. The fourth-order valence-corrected chi connectivity index (χ4v) is 2.89. The number of nitrogens with zero attached hydrogens (tertiary/aromatic N) is 3. The lowest BCUT2D eigenvalue weighted by molar-refractivity contribution is -0.138. The van der Waals surface area contributed by atoms with Crippen LogP contribution in [0.5, 0.6) is 0 Å². The Labute approximate surface area is 128 Å². The zero-order valence-corrected chi connectivity index (χ0v) is 13.5. The molecule has 0 aromatic heterocycles. The van der Waals surface area contributed by atoms with Gasteiger partial charge >= 0.3 is 0 Å². The van der Waals surface area contributed by atoms with Crippen LogP contribution >= 0.6 is 15.9 Å². The van der Waals surface area contributed by atoms with Crippen LogP contribution in [0.25, 0.3) is 0 Å². The quantitative estimate of drug-likeness (QED) is 0.834. The molecule has 2 rings (SSSR count). The van der Waals surface area contributed by atoms with Gasteiger partial charge in [-0.1, -0.05) is 22.0 Å². The van der Waals surface area contributed by atoms with Gasteiger partial charge in [-0.15, -0.1) is 0 Å². The summed E-state index contributed by atoms with van der Waals surface area (Å²) in [5.74, 6) is 0.00257. The number of carbonyl (C=O) groups excluding carboxylic acids is 1. The number of halogens is 1. The van der Waals surface area contributed by atoms with Crippen LogP contribution in [-0.4, -0.2) is 36.0 Å². The van der Waals surface area contributed by atoms with Gasteiger partial charge < -0.3 is 9.80 Å². The Morgan fingerprint density at radius 2 is 2.20 bits per heavy atom. The predicted octanol–water partition coefficient (Wildman–Crippen LogP) is 2.79. The molecular weight excluding hydrogens is 318 g/mol. The van der Waals surface area contributed by atoms with Gasteiger partial charge in [-0.25, -0.2) is 0 Å². The van der Waals surface area contributed by atoms with Gasteiger partial charge in [0.15, 0.2) is 0 Å². The molecular formula is C15H18BrN3O. The summed E-state index contributed by atoms with van der Waals surface area (Å²) < 4.78 is 0.967. The smallest absolute Gasteiger partial charge is 0.246 e. The Morgan fingerprint density at radius 3 is 2.80 bits per heavy atom. The van der Waals surface area contributed by atoms with Crippen molar-refractivity contribution in [3.63, 3.8) is 0 Å². The minimum atomic E-state index is -0.410. The van der Waals surface area contributed by atoms with E-state index >= 15 is 0 Å². The van der Waals surface area contributed by atoms with Gasteiger partial charge in [0.25, 0.3) is 0 Å². The van der Waals surface area contributed by atoms with Crippen molar-refractivity contribution >= 4 is 27.5 Å². The van der Waals surface area contributed by atoms with E-state index in [1.165, 1.54) is 0 Å². The number of nitriles is 1. The molecule has 0 aliphatic carbocycles. The Morgan fingerprint density at radius 1 is 1.50 bits per heavy atom. The van der Waals surface area contributed by atoms with Crippen molar-refractivity contribution in [2.45, 2.75) is 31.8 Å². The largest absolute Gasteiger partial charge is 0.356 e. The van der Waals surface area contributed by atoms with E-state index in [1.54, 1.807) is 4.90 Å². The first-order chi connectivity index (χ1) is 9.36. The van der Waals surface area contributed by atoms with Crippen LogP contribution in [0, 0.1) is 11.3 Å². The first kappa shape index (κ1) is 14.9. The third-order valence-electron chi connectivity index (χ3n) is 3.88. The minimum Gasteiger partial charge on any atom is -0.356 e. The SMILES string of the molecule is CN1C(=O)C(CC#N)N(c2cccc(Br)c2)CC1(C)C. The van der Waals surface area contributed by atoms with Gasteiger partial charge in [0.05, 0.1) is 18.0 Å². The lowest BCUT2D eigenvalue weighted by Gasteiger charge is -2.49. The normalized spacial score (nSPS) is 21.8. The van der Waals surface area contributed by atoms with E-state index in [0.717, 1.165) is 10.2 Å². The van der Waals surface area contributed by atoms with Crippen LogP contribution in [0.1, 0.15) is 20.3 Å². The standard InChI is InChI=1S/C15H18BrN3O/c1-15(2)10-19(12-6-4-5-11(16)9-12)13(7-8-17)14(20)18(15)3/h4-6,9,13H,7,10H2,1-3H3. The summed E-state index contributed by atoms with van der Waals surface area (Å²) in [5, 5.41) is 9.02. The van der Waals surface area contributed by atoms with E-state index < -0.39 is 6.04 Å². The molecule has 1 atom stereocenters. The highest BCUT2D eigenvalue weighted by molar-refractivity contribution is 9.10. The van der Waals surface area contributed by atoms with E-state index in [0.29, 0.717) is 6.54 Å². The van der Waals surface area contributed by atoms with E-state index in [2.05, 4.69) is 22.0 Å². The molecule has 1 fully saturated rings. The molecule has 4 nitrogen and oxygen atoms in total. The molecule has 20 heavy (non-hydrogen) atoms. The van der Waals surface area contributed by atoms with Crippen LogP contribution < -0.4 is 4.90 Å². The molecule has 1 aliphatic heterocycles. The summed E-state index contributed by atoms with van der Waals surface area (Å²) >= 11 is 3.46. The average Bonchev–Trinajstić information content (AvgIpc) is 2.39. The van der Waals surface area contributed by atoms with Crippen LogP contribution in [0.2, 0.25) is 0 Å². The molecule has 1 aromatic carbocycles. The van der Waals surface area contributed by atoms with Crippen LogP contribution in [-0.2, 0) is 4.79 Å². The molecule has 1 amide bonds. The maximum atomic E-state index is 12.5. The molecule has 0 N–H and O–H groups in total. The second-order valence-corrected chi connectivity index (χ2v) is 6.61. The van der Waals surface area contributed by atoms with Gasteiger partial charge in [-0.3, -0.25) is 4.79 Å². The molecule has 106 valence electrons. The van der Waals surface area contributed by atoms with Gasteiger partial charge in [-0.05, 0) is 32.0 Å². The Bertz CT molecular complexity index is 564. The highest BCUT2D eigenvalue weighted by Crippen LogP contribution is 2.31. The molecule has 1 aromatic rings. The molecule has 1 unspecified atom stereocenters. The number of benzene rings is 1. The zero-order valence-electron chi connectivity index (χ0n) is 11.9. The summed E-state index contributed by atoms with van der Waals surface area (Å²) in [4.78, 5) is 16.3. The summed E-state index contributed by atoms with van der Waals surface area (Å²) in [7, 11) is 1.81. The van der Waals surface area contributed by atoms with E-state index in [1.807, 2.05) is 50.1 Å². The summed E-state index contributed by atoms with van der Waals surface area (Å²) in [6.07, 6.45) is 0.200. The fraction of sp³-hybridized carbons (Fsp3) is 0.467. The van der Waals surface area contributed by atoms with E-state index in [9.17, 15) is 4.79 Å². The third kappa shape index (κ3) is 2.66. The van der Waals surface area contributed by atoms with Crippen LogP contribution in [0.4, 0.5) is 5.69 Å². The maximum Gasteiger partial charge on any atom is 0.246 e. The predicted molar refractivity (Wildman–Crippen MR) is 82.4 cm³/mol. The molecule has 1 saturated heterocycles. The lowest BCUT2D eigenvalue weighted by atomic mass is 9.94. The van der Waals surface area contributed by atoms with E-state index in [4.69, 9.17) is 5.26 Å². The Kier molecular flexibility index (Phi) is 4.05. The fourth-order valence-electron chi connectivity index (χ4n) is 2.50. The second-order valence-electron chi connectivity index (χ2n) is 5.70. The van der Waals surface area contributed by atoms with Crippen molar-refractivity contribution in [2.24, 2.45) is 0 Å². The Hall–Kier alpha value is -1.54. The highest BCUT2D eigenvalue weighted by Gasteiger charge is 2.42. The molecule has 5 heteroatoms. The van der Waals surface area contributed by atoms with Crippen LogP contribution in [0.3, 0.4) is 0 Å². The first-order valence-corrected chi connectivity index (χ1v) is 7.33. The van der Waals surface area contributed by atoms with Crippen molar-refractivity contribution in [3.8, 4) is 6.07 Å². The summed E-state index contributed by atoms with van der Waals surface area (Å²) in [6.45, 7) is 4.79. The zero-order chi connectivity index (χ0) is 14.9. The number of anilines is 1. The van der Waals surface area contributed by atoms with Crippen molar-refractivity contribution < 1.29 is 4.79 Å². The van der Waals surface area contributed by atoms with Crippen molar-refractivity contribution in [1.82, 2.24) is 4.90 Å².